The Morgan fingerprint density at radius 2 is 1.77 bits per heavy atom. The Kier molecular flexibility index (Phi) is 8.18. The number of likely N-dealkylation sites (tertiary alicyclic amines) is 1. The minimum Gasteiger partial charge on any atom is -0.490 e. The van der Waals surface area contributed by atoms with Crippen molar-refractivity contribution in [1.82, 2.24) is 9.80 Å². The third-order valence-corrected chi connectivity index (χ3v) is 5.63. The molecule has 0 saturated carbocycles. The topological polar surface area (TPSA) is 59.1 Å². The smallest absolute Gasteiger partial charge is 0.260 e. The fraction of sp³-hybridized carbons (Fsp3) is 0.417. The molecule has 2 amide bonds. The summed E-state index contributed by atoms with van der Waals surface area (Å²) < 4.78 is 11.4. The number of benzene rings is 2. The first kappa shape index (κ1) is 22.9. The Labute approximate surface area is 188 Å². The predicted octanol–water partition coefficient (Wildman–Crippen LogP) is 4.40. The minimum absolute atomic E-state index is 0.0261. The Bertz CT molecular complexity index is 912. The largest absolute Gasteiger partial charge is 0.490 e. The molecule has 7 heteroatoms. The molecule has 0 atom stereocenters. The van der Waals surface area contributed by atoms with Crippen LogP contribution in [0.4, 0.5) is 0 Å². The zero-order chi connectivity index (χ0) is 22.2. The van der Waals surface area contributed by atoms with E-state index >= 15 is 0 Å². The fourth-order valence-corrected chi connectivity index (χ4v) is 3.77. The Morgan fingerprint density at radius 1 is 1.03 bits per heavy atom. The highest BCUT2D eigenvalue weighted by Crippen LogP contribution is 2.29. The van der Waals surface area contributed by atoms with Gasteiger partial charge in [0.05, 0.1) is 6.61 Å². The second kappa shape index (κ2) is 11.0. The number of carbonyl (C=O) groups is 2. The summed E-state index contributed by atoms with van der Waals surface area (Å²) >= 11 is 6.22. The van der Waals surface area contributed by atoms with Crippen LogP contribution < -0.4 is 9.47 Å². The molecule has 0 radical (unpaired) electrons. The number of hydrogen-bond donors (Lipinski definition) is 0. The zero-order valence-corrected chi connectivity index (χ0v) is 18.9. The lowest BCUT2D eigenvalue weighted by Crippen LogP contribution is -2.38. The normalized spacial score (nSPS) is 13.6. The molecule has 31 heavy (non-hydrogen) atoms. The number of ether oxygens (including phenoxy) is 2. The van der Waals surface area contributed by atoms with Crippen LogP contribution in [0.5, 0.6) is 11.5 Å². The number of hydrogen-bond acceptors (Lipinski definition) is 4. The van der Waals surface area contributed by atoms with E-state index < -0.39 is 0 Å². The first-order valence-corrected chi connectivity index (χ1v) is 11.0. The van der Waals surface area contributed by atoms with Gasteiger partial charge >= 0.3 is 0 Å². The monoisotopic (exact) mass is 444 g/mol. The zero-order valence-electron chi connectivity index (χ0n) is 18.1. The maximum atomic E-state index is 12.9. The SMILES string of the molecule is CCOc1cc(C(=O)N(C)Cc2ccccc2Cl)ccc1OCC(=O)N1CCCCC1. The van der Waals surface area contributed by atoms with Crippen molar-refractivity contribution in [2.24, 2.45) is 0 Å². The summed E-state index contributed by atoms with van der Waals surface area (Å²) in [5, 5.41) is 0.624. The van der Waals surface area contributed by atoms with Gasteiger partial charge in [0.15, 0.2) is 18.1 Å². The third kappa shape index (κ3) is 6.14. The van der Waals surface area contributed by atoms with Crippen LogP contribution in [0, 0.1) is 0 Å². The molecule has 2 aromatic carbocycles. The number of piperidine rings is 1. The number of nitrogens with zero attached hydrogens (tertiary/aromatic N) is 2. The van der Waals surface area contributed by atoms with Crippen LogP contribution in [0.2, 0.25) is 5.02 Å². The summed E-state index contributed by atoms with van der Waals surface area (Å²) in [6.07, 6.45) is 3.24. The Balaban J connectivity index is 1.67. The van der Waals surface area contributed by atoms with E-state index in [2.05, 4.69) is 0 Å². The molecular formula is C24H29ClN2O4. The number of halogens is 1. The lowest BCUT2D eigenvalue weighted by Gasteiger charge is -2.26. The van der Waals surface area contributed by atoms with E-state index in [1.165, 1.54) is 6.42 Å². The summed E-state index contributed by atoms with van der Waals surface area (Å²) in [4.78, 5) is 28.8. The van der Waals surface area contributed by atoms with Crippen molar-refractivity contribution in [3.8, 4) is 11.5 Å². The highest BCUT2D eigenvalue weighted by atomic mass is 35.5. The molecule has 166 valence electrons. The van der Waals surface area contributed by atoms with E-state index in [1.807, 2.05) is 30.0 Å². The van der Waals surface area contributed by atoms with E-state index in [0.717, 1.165) is 31.5 Å². The predicted molar refractivity (Wildman–Crippen MR) is 121 cm³/mol. The van der Waals surface area contributed by atoms with Crippen molar-refractivity contribution in [3.05, 3.63) is 58.6 Å². The van der Waals surface area contributed by atoms with Crippen LogP contribution in [-0.4, -0.2) is 55.0 Å². The van der Waals surface area contributed by atoms with Gasteiger partial charge in [-0.15, -0.1) is 0 Å². The number of amides is 2. The van der Waals surface area contributed by atoms with Crippen LogP contribution >= 0.6 is 11.6 Å². The highest BCUT2D eigenvalue weighted by Gasteiger charge is 2.19. The highest BCUT2D eigenvalue weighted by molar-refractivity contribution is 6.31. The quantitative estimate of drug-likeness (QED) is 0.605. The average Bonchev–Trinajstić information content (AvgIpc) is 2.79. The molecule has 0 spiro atoms. The summed E-state index contributed by atoms with van der Waals surface area (Å²) in [7, 11) is 1.73. The van der Waals surface area contributed by atoms with Gasteiger partial charge < -0.3 is 19.3 Å². The van der Waals surface area contributed by atoms with E-state index in [4.69, 9.17) is 21.1 Å². The number of carbonyl (C=O) groups excluding carboxylic acids is 2. The van der Waals surface area contributed by atoms with Gasteiger partial charge in [-0.3, -0.25) is 9.59 Å². The van der Waals surface area contributed by atoms with Gasteiger partial charge in [-0.2, -0.15) is 0 Å². The van der Waals surface area contributed by atoms with Gasteiger partial charge in [-0.25, -0.2) is 0 Å². The molecule has 1 aliphatic heterocycles. The van der Waals surface area contributed by atoms with Crippen molar-refractivity contribution < 1.29 is 19.1 Å². The molecule has 0 N–H and O–H groups in total. The number of rotatable bonds is 8. The van der Waals surface area contributed by atoms with Gasteiger partial charge in [-0.05, 0) is 56.0 Å². The van der Waals surface area contributed by atoms with E-state index in [1.54, 1.807) is 36.2 Å². The first-order valence-electron chi connectivity index (χ1n) is 10.7. The third-order valence-electron chi connectivity index (χ3n) is 5.26. The molecule has 0 bridgehead atoms. The van der Waals surface area contributed by atoms with Crippen molar-refractivity contribution in [2.75, 3.05) is 33.4 Å². The second-order valence-electron chi connectivity index (χ2n) is 7.58. The molecule has 1 aliphatic rings. The lowest BCUT2D eigenvalue weighted by atomic mass is 10.1. The average molecular weight is 445 g/mol. The van der Waals surface area contributed by atoms with Crippen molar-refractivity contribution in [1.29, 1.82) is 0 Å². The molecule has 0 aliphatic carbocycles. The molecule has 6 nitrogen and oxygen atoms in total. The fourth-order valence-electron chi connectivity index (χ4n) is 3.58. The standard InChI is InChI=1S/C24H29ClN2O4/c1-3-30-22-15-18(24(29)26(2)16-19-9-5-6-10-20(19)25)11-12-21(22)31-17-23(28)27-13-7-4-8-14-27/h5-6,9-12,15H,3-4,7-8,13-14,16-17H2,1-2H3. The van der Waals surface area contributed by atoms with Crippen LogP contribution in [0.1, 0.15) is 42.1 Å². The van der Waals surface area contributed by atoms with Crippen LogP contribution in [0.3, 0.4) is 0 Å². The maximum Gasteiger partial charge on any atom is 0.260 e. The van der Waals surface area contributed by atoms with Crippen molar-refractivity contribution in [2.45, 2.75) is 32.7 Å². The lowest BCUT2D eigenvalue weighted by molar-refractivity contribution is -0.134. The van der Waals surface area contributed by atoms with E-state index in [9.17, 15) is 9.59 Å². The van der Waals surface area contributed by atoms with Crippen molar-refractivity contribution in [3.63, 3.8) is 0 Å². The summed E-state index contributed by atoms with van der Waals surface area (Å²) in [6.45, 7) is 4.20. The minimum atomic E-state index is -0.156. The maximum absolute atomic E-state index is 12.9. The molecule has 1 saturated heterocycles. The van der Waals surface area contributed by atoms with Gasteiger partial charge in [-0.1, -0.05) is 29.8 Å². The Hall–Kier alpha value is -2.73. The molecule has 0 aromatic heterocycles. The molecular weight excluding hydrogens is 416 g/mol. The van der Waals surface area contributed by atoms with E-state index in [-0.39, 0.29) is 18.4 Å². The summed E-state index contributed by atoms with van der Waals surface area (Å²) in [6, 6.07) is 12.5. The molecule has 2 aromatic rings. The summed E-state index contributed by atoms with van der Waals surface area (Å²) in [5.74, 6) is 0.724. The Morgan fingerprint density at radius 3 is 2.48 bits per heavy atom. The molecule has 3 rings (SSSR count). The molecule has 1 heterocycles. The van der Waals surface area contributed by atoms with Crippen molar-refractivity contribution >= 4 is 23.4 Å². The van der Waals surface area contributed by atoms with Gasteiger partial charge in [0, 0.05) is 37.3 Å². The second-order valence-corrected chi connectivity index (χ2v) is 7.98. The van der Waals surface area contributed by atoms with Crippen LogP contribution in [0.25, 0.3) is 0 Å². The van der Waals surface area contributed by atoms with Gasteiger partial charge in [0.25, 0.3) is 11.8 Å². The van der Waals surface area contributed by atoms with E-state index in [0.29, 0.717) is 35.2 Å². The van der Waals surface area contributed by atoms with Gasteiger partial charge in [0.2, 0.25) is 0 Å². The first-order chi connectivity index (χ1) is 15.0. The van der Waals surface area contributed by atoms with Gasteiger partial charge in [0.1, 0.15) is 0 Å². The molecule has 0 unspecified atom stereocenters. The summed E-state index contributed by atoms with van der Waals surface area (Å²) in [5.41, 5.74) is 1.36. The van der Waals surface area contributed by atoms with Crippen LogP contribution in [-0.2, 0) is 11.3 Å². The molecule has 1 fully saturated rings. The van der Waals surface area contributed by atoms with Crippen LogP contribution in [0.15, 0.2) is 42.5 Å².